The van der Waals surface area contributed by atoms with Crippen molar-refractivity contribution in [3.8, 4) is 5.75 Å². The van der Waals surface area contributed by atoms with Crippen LogP contribution in [0.15, 0.2) is 48.8 Å². The summed E-state index contributed by atoms with van der Waals surface area (Å²) in [5.74, 6) is 0.620. The van der Waals surface area contributed by atoms with E-state index in [1.165, 1.54) is 5.56 Å². The second-order valence-corrected chi connectivity index (χ2v) is 8.11. The Labute approximate surface area is 171 Å². The fourth-order valence-electron chi connectivity index (χ4n) is 2.91. The molecule has 0 N–H and O–H groups in total. The molecule has 7 nitrogen and oxygen atoms in total. The molecule has 0 unspecified atom stereocenters. The van der Waals surface area contributed by atoms with E-state index in [4.69, 9.17) is 4.74 Å². The number of aryl methyl sites for hydroxylation is 1. The zero-order valence-electron chi connectivity index (χ0n) is 17.8. The van der Waals surface area contributed by atoms with E-state index in [0.717, 1.165) is 18.0 Å². The molecule has 0 spiro atoms. The lowest BCUT2D eigenvalue weighted by Crippen LogP contribution is -2.27. The lowest BCUT2D eigenvalue weighted by molar-refractivity contribution is 0.0775. The molecule has 1 amide bonds. The Hall–Kier alpha value is -3.09. The van der Waals surface area contributed by atoms with Crippen molar-refractivity contribution in [3.05, 3.63) is 65.7 Å². The van der Waals surface area contributed by atoms with Gasteiger partial charge in [0.25, 0.3) is 5.91 Å². The highest BCUT2D eigenvalue weighted by Gasteiger charge is 2.16. The monoisotopic (exact) mass is 395 g/mol. The summed E-state index contributed by atoms with van der Waals surface area (Å²) in [5, 5.41) is 8.75. The molecule has 0 aliphatic carbocycles. The molecule has 7 heteroatoms. The summed E-state index contributed by atoms with van der Waals surface area (Å²) >= 11 is 0. The predicted octanol–water partition coefficient (Wildman–Crippen LogP) is 3.71. The summed E-state index contributed by atoms with van der Waals surface area (Å²) in [4.78, 5) is 14.2. The van der Waals surface area contributed by atoms with Crippen LogP contribution in [-0.4, -0.2) is 37.4 Å². The van der Waals surface area contributed by atoms with Gasteiger partial charge in [0.15, 0.2) is 12.4 Å². The van der Waals surface area contributed by atoms with Gasteiger partial charge >= 0.3 is 0 Å². The Bertz CT molecular complexity index is 950. The number of nitrogens with zero attached hydrogens (tertiary/aromatic N) is 5. The van der Waals surface area contributed by atoms with Crippen LogP contribution in [0.1, 0.15) is 49.4 Å². The van der Waals surface area contributed by atoms with E-state index in [-0.39, 0.29) is 18.1 Å². The first-order chi connectivity index (χ1) is 13.8. The summed E-state index contributed by atoms with van der Waals surface area (Å²) in [6.07, 6.45) is 3.66. The van der Waals surface area contributed by atoms with E-state index >= 15 is 0 Å². The van der Waals surface area contributed by atoms with Crippen LogP contribution in [0.2, 0.25) is 0 Å². The minimum Gasteiger partial charge on any atom is -0.471 e. The lowest BCUT2D eigenvalue weighted by Gasteiger charge is -2.19. The van der Waals surface area contributed by atoms with Gasteiger partial charge in [0.05, 0.1) is 12.2 Å². The van der Waals surface area contributed by atoms with Crippen LogP contribution in [0.3, 0.4) is 0 Å². The van der Waals surface area contributed by atoms with E-state index in [2.05, 4.69) is 43.1 Å². The normalized spacial score (nSPS) is 11.5. The summed E-state index contributed by atoms with van der Waals surface area (Å²) in [6, 6.07) is 11.7. The number of ether oxygens (including phenoxy) is 1. The maximum atomic E-state index is 12.6. The molecule has 0 bridgehead atoms. The van der Waals surface area contributed by atoms with Gasteiger partial charge in [-0.1, -0.05) is 32.9 Å². The van der Waals surface area contributed by atoms with E-state index in [1.54, 1.807) is 28.9 Å². The quantitative estimate of drug-likeness (QED) is 0.612. The van der Waals surface area contributed by atoms with Gasteiger partial charge in [-0.3, -0.25) is 9.48 Å². The number of rotatable bonds is 7. The van der Waals surface area contributed by atoms with Crippen LogP contribution in [0.5, 0.6) is 5.75 Å². The van der Waals surface area contributed by atoms with Crippen molar-refractivity contribution in [2.24, 2.45) is 0 Å². The molecule has 3 aromatic rings. The molecule has 0 atom stereocenters. The van der Waals surface area contributed by atoms with E-state index in [0.29, 0.717) is 12.2 Å². The topological polar surface area (TPSA) is 65.2 Å². The van der Waals surface area contributed by atoms with Gasteiger partial charge in [0, 0.05) is 26.0 Å². The zero-order chi connectivity index (χ0) is 21.0. The maximum Gasteiger partial charge on any atom is 0.274 e. The molecule has 3 rings (SSSR count). The average Bonchev–Trinajstić information content (AvgIpc) is 3.34. The van der Waals surface area contributed by atoms with Gasteiger partial charge in [-0.2, -0.15) is 10.2 Å². The number of aromatic nitrogens is 4. The number of carbonyl (C=O) groups excluding carboxylic acids is 1. The number of hydrogen-bond acceptors (Lipinski definition) is 4. The van der Waals surface area contributed by atoms with Crippen molar-refractivity contribution in [3.63, 3.8) is 0 Å². The van der Waals surface area contributed by atoms with Crippen molar-refractivity contribution >= 4 is 5.91 Å². The van der Waals surface area contributed by atoms with Gasteiger partial charge in [0.2, 0.25) is 0 Å². The Morgan fingerprint density at radius 3 is 2.34 bits per heavy atom. The van der Waals surface area contributed by atoms with Crippen molar-refractivity contribution in [2.45, 2.75) is 52.9 Å². The third-order valence-corrected chi connectivity index (χ3v) is 4.71. The molecular formula is C22H29N5O2. The fourth-order valence-corrected chi connectivity index (χ4v) is 2.91. The summed E-state index contributed by atoms with van der Waals surface area (Å²) in [5.41, 5.74) is 2.60. The van der Waals surface area contributed by atoms with Crippen LogP contribution in [0.25, 0.3) is 0 Å². The van der Waals surface area contributed by atoms with E-state index in [1.807, 2.05) is 36.0 Å². The van der Waals surface area contributed by atoms with Gasteiger partial charge in [0.1, 0.15) is 5.75 Å². The van der Waals surface area contributed by atoms with Gasteiger partial charge in [-0.15, -0.1) is 0 Å². The molecule has 1 aromatic carbocycles. The molecule has 0 aliphatic rings. The highest BCUT2D eigenvalue weighted by atomic mass is 16.5. The zero-order valence-corrected chi connectivity index (χ0v) is 17.8. The highest BCUT2D eigenvalue weighted by Crippen LogP contribution is 2.24. The highest BCUT2D eigenvalue weighted by molar-refractivity contribution is 5.91. The van der Waals surface area contributed by atoms with Crippen LogP contribution in [0, 0.1) is 0 Å². The van der Waals surface area contributed by atoms with Gasteiger partial charge in [-0.05, 0) is 42.2 Å². The molecule has 29 heavy (non-hydrogen) atoms. The summed E-state index contributed by atoms with van der Waals surface area (Å²) in [6.45, 7) is 10.1. The Morgan fingerprint density at radius 2 is 1.72 bits per heavy atom. The second kappa shape index (κ2) is 8.51. The Kier molecular flexibility index (Phi) is 6.06. The molecule has 154 valence electrons. The SMILES string of the molecule is CCn1ccc(CN(C)C(=O)c2ccn(COc3ccc(C(C)(C)C)cc3)n2)n1. The third-order valence-electron chi connectivity index (χ3n) is 4.71. The minimum atomic E-state index is -0.149. The minimum absolute atomic E-state index is 0.108. The second-order valence-electron chi connectivity index (χ2n) is 8.11. The maximum absolute atomic E-state index is 12.6. The summed E-state index contributed by atoms with van der Waals surface area (Å²) in [7, 11) is 1.75. The van der Waals surface area contributed by atoms with Crippen molar-refractivity contribution in [2.75, 3.05) is 7.05 Å². The lowest BCUT2D eigenvalue weighted by atomic mass is 9.87. The molecule has 0 saturated heterocycles. The Balaban J connectivity index is 1.56. The van der Waals surface area contributed by atoms with Crippen LogP contribution >= 0.6 is 0 Å². The number of benzene rings is 1. The fraction of sp³-hybridized carbons (Fsp3) is 0.409. The first-order valence-corrected chi connectivity index (χ1v) is 9.81. The standard InChI is InChI=1S/C22H29N5O2/c1-6-26-13-11-18(23-26)15-25(5)21(28)20-12-14-27(24-20)16-29-19-9-7-17(8-10-19)22(2,3)4/h7-14H,6,15-16H2,1-5H3. The molecular weight excluding hydrogens is 366 g/mol. The van der Waals surface area contributed by atoms with E-state index in [9.17, 15) is 4.79 Å². The molecule has 0 saturated carbocycles. The first kappa shape index (κ1) is 20.6. The largest absolute Gasteiger partial charge is 0.471 e. The molecule has 0 aliphatic heterocycles. The number of amides is 1. The van der Waals surface area contributed by atoms with Crippen molar-refractivity contribution in [1.29, 1.82) is 0 Å². The van der Waals surface area contributed by atoms with Gasteiger partial charge < -0.3 is 9.64 Å². The Morgan fingerprint density at radius 1 is 1.03 bits per heavy atom. The molecule has 0 radical (unpaired) electrons. The third kappa shape index (κ3) is 5.25. The molecule has 2 heterocycles. The molecule has 0 fully saturated rings. The number of carbonyl (C=O) groups is 1. The average molecular weight is 396 g/mol. The van der Waals surface area contributed by atoms with Crippen LogP contribution in [-0.2, 0) is 25.2 Å². The van der Waals surface area contributed by atoms with Crippen LogP contribution in [0.4, 0.5) is 0 Å². The predicted molar refractivity (Wildman–Crippen MR) is 112 cm³/mol. The van der Waals surface area contributed by atoms with Gasteiger partial charge in [-0.25, -0.2) is 4.68 Å². The molecule has 2 aromatic heterocycles. The smallest absolute Gasteiger partial charge is 0.274 e. The first-order valence-electron chi connectivity index (χ1n) is 9.81. The van der Waals surface area contributed by atoms with E-state index < -0.39 is 0 Å². The van der Waals surface area contributed by atoms with Crippen LogP contribution < -0.4 is 4.74 Å². The van der Waals surface area contributed by atoms with Crippen molar-refractivity contribution in [1.82, 2.24) is 24.5 Å². The summed E-state index contributed by atoms with van der Waals surface area (Å²) < 4.78 is 9.24. The number of hydrogen-bond donors (Lipinski definition) is 0. The van der Waals surface area contributed by atoms with Crippen molar-refractivity contribution < 1.29 is 9.53 Å².